The molecule has 0 aromatic rings. The molecular weight excluding hydrogens is 633 g/mol. The summed E-state index contributed by atoms with van der Waals surface area (Å²) in [6.45, 7) is -5.32. The molecule has 0 aromatic heterocycles. The molecule has 0 fully saturated rings. The van der Waals surface area contributed by atoms with Crippen LogP contribution in [0.5, 0.6) is 0 Å². The van der Waals surface area contributed by atoms with Crippen LogP contribution >= 0.6 is 0 Å². The Kier molecular flexibility index (Phi) is 10.3. The molecule has 0 amide bonds. The number of carboxylic acid groups (broad SMARTS) is 2. The van der Waals surface area contributed by atoms with Gasteiger partial charge in [-0.3, -0.25) is 4.79 Å². The zero-order valence-corrected chi connectivity index (χ0v) is 20.4. The third-order valence-electron chi connectivity index (χ3n) is 5.01. The molecule has 0 heterocycles. The van der Waals surface area contributed by atoms with E-state index < -0.39 is 104 Å². The largest absolute Gasteiger partial charge is 0.480 e. The van der Waals surface area contributed by atoms with Crippen molar-refractivity contribution in [1.82, 2.24) is 4.31 Å². The van der Waals surface area contributed by atoms with Crippen molar-refractivity contribution in [2.45, 2.75) is 47.5 Å². The van der Waals surface area contributed by atoms with Crippen molar-refractivity contribution in [2.24, 2.45) is 0 Å². The molecule has 0 rings (SSSR count). The number of rotatable bonds is 15. The summed E-state index contributed by atoms with van der Waals surface area (Å²) in [4.78, 5) is 21.6. The summed E-state index contributed by atoms with van der Waals surface area (Å²) < 4.78 is 223. The molecule has 0 atom stereocenters. The second-order valence-corrected chi connectivity index (χ2v) is 10.7. The van der Waals surface area contributed by atoms with Crippen molar-refractivity contribution in [1.29, 1.82) is 0 Å². The number of hydrogen-bond acceptors (Lipinski definition) is 4. The van der Waals surface area contributed by atoms with Gasteiger partial charge in [-0.25, -0.2) is 13.2 Å². The Morgan fingerprint density at radius 2 is 1.05 bits per heavy atom. The molecule has 2 N–H and O–H groups in total. The third-order valence-corrected chi connectivity index (χ3v) is 6.90. The highest BCUT2D eigenvalue weighted by Gasteiger charge is 2.94. The van der Waals surface area contributed by atoms with Crippen molar-refractivity contribution in [3.63, 3.8) is 0 Å². The maximum absolute atomic E-state index is 14.3. The number of quaternary nitrogens is 1. The summed E-state index contributed by atoms with van der Waals surface area (Å²) in [6, 6.07) is 0. The van der Waals surface area contributed by atoms with E-state index in [4.69, 9.17) is 10.2 Å². The standard InChI is InChI=1S/C16H17F15N2O6S/c1-33(2,7-9(36)37)5-3-4-32(6-8(34)35)40(38,39)16(30,31)14(25,26)12(21,22)10(17,18)11(19,20)13(23,24)15(27,28)29/h3-7H2,1-2H3,(H-,34,35,36,37)/p+1. The van der Waals surface area contributed by atoms with Gasteiger partial charge in [-0.1, -0.05) is 0 Å². The molecular formula is C16H18F15N2O6S+. The van der Waals surface area contributed by atoms with Crippen molar-refractivity contribution in [3.8, 4) is 0 Å². The Balaban J connectivity index is 6.73. The number of nitrogens with zero attached hydrogens (tertiary/aromatic N) is 2. The highest BCUT2D eigenvalue weighted by molar-refractivity contribution is 7.90. The van der Waals surface area contributed by atoms with Crippen LogP contribution in [0.1, 0.15) is 6.42 Å². The molecule has 0 aliphatic heterocycles. The van der Waals surface area contributed by atoms with Gasteiger partial charge in [0.05, 0.1) is 20.6 Å². The van der Waals surface area contributed by atoms with E-state index in [1.54, 1.807) is 0 Å². The Hall–Kier alpha value is -2.24. The molecule has 8 nitrogen and oxygen atoms in total. The van der Waals surface area contributed by atoms with E-state index >= 15 is 0 Å². The zero-order chi connectivity index (χ0) is 32.8. The summed E-state index contributed by atoms with van der Waals surface area (Å²) >= 11 is 0. The van der Waals surface area contributed by atoms with Gasteiger partial charge in [0.2, 0.25) is 0 Å². The minimum atomic E-state index is -8.72. The van der Waals surface area contributed by atoms with Gasteiger partial charge in [0.25, 0.3) is 10.0 Å². The number of carboxylic acids is 2. The van der Waals surface area contributed by atoms with Crippen molar-refractivity contribution in [3.05, 3.63) is 0 Å². The van der Waals surface area contributed by atoms with Gasteiger partial charge in [0.1, 0.15) is 6.54 Å². The lowest BCUT2D eigenvalue weighted by Gasteiger charge is -2.41. The van der Waals surface area contributed by atoms with Crippen LogP contribution in [0.25, 0.3) is 0 Å². The average molecular weight is 651 g/mol. The first-order valence-electron chi connectivity index (χ1n) is 9.78. The third kappa shape index (κ3) is 6.31. The summed E-state index contributed by atoms with van der Waals surface area (Å²) in [7, 11) is -5.46. The first-order chi connectivity index (χ1) is 17.2. The van der Waals surface area contributed by atoms with Gasteiger partial charge >= 0.3 is 53.0 Å². The summed E-state index contributed by atoms with van der Waals surface area (Å²) in [5.41, 5.74) is 0. The van der Waals surface area contributed by atoms with E-state index in [1.807, 2.05) is 0 Å². The Morgan fingerprint density at radius 1 is 0.675 bits per heavy atom. The van der Waals surface area contributed by atoms with Gasteiger partial charge < -0.3 is 14.7 Å². The quantitative estimate of drug-likeness (QED) is 0.207. The second kappa shape index (κ2) is 10.9. The molecule has 0 bridgehead atoms. The SMILES string of the molecule is C[N+](C)(CCCN(CC(=O)O)S(=O)(=O)C(F)(F)C(F)(F)C(F)(F)C(F)(F)C(F)(F)C(F)(F)C(F)(F)F)CC(=O)O. The van der Waals surface area contributed by atoms with Gasteiger partial charge in [-0.15, -0.1) is 0 Å². The van der Waals surface area contributed by atoms with E-state index in [-0.39, 0.29) is 0 Å². The smallest absolute Gasteiger partial charge is 0.460 e. The van der Waals surface area contributed by atoms with Crippen LogP contribution in [0.3, 0.4) is 0 Å². The molecule has 0 radical (unpaired) electrons. The predicted octanol–water partition coefficient (Wildman–Crippen LogP) is 3.59. The van der Waals surface area contributed by atoms with Gasteiger partial charge in [-0.05, 0) is 0 Å². The van der Waals surface area contributed by atoms with Crippen LogP contribution in [0.15, 0.2) is 0 Å². The van der Waals surface area contributed by atoms with E-state index in [0.717, 1.165) is 14.1 Å². The molecule has 0 aliphatic carbocycles. The maximum atomic E-state index is 14.3. The van der Waals surface area contributed by atoms with E-state index in [0.29, 0.717) is 0 Å². The van der Waals surface area contributed by atoms with Crippen LogP contribution in [0, 0.1) is 0 Å². The Labute approximate surface area is 213 Å². The zero-order valence-electron chi connectivity index (χ0n) is 19.5. The van der Waals surface area contributed by atoms with Crippen LogP contribution in [-0.4, -0.2) is 121 Å². The number of aliphatic carboxylic acids is 2. The second-order valence-electron chi connectivity index (χ2n) is 8.68. The van der Waals surface area contributed by atoms with Crippen LogP contribution < -0.4 is 0 Å². The van der Waals surface area contributed by atoms with Crippen molar-refractivity contribution >= 4 is 22.0 Å². The van der Waals surface area contributed by atoms with Crippen molar-refractivity contribution < 1.29 is 98.6 Å². The molecule has 238 valence electrons. The van der Waals surface area contributed by atoms with E-state index in [1.165, 1.54) is 0 Å². The molecule has 40 heavy (non-hydrogen) atoms. The lowest BCUT2D eigenvalue weighted by atomic mass is 9.94. The van der Waals surface area contributed by atoms with Gasteiger partial charge in [0.15, 0.2) is 6.54 Å². The fraction of sp³-hybridized carbons (Fsp3) is 0.875. The lowest BCUT2D eigenvalue weighted by Crippen LogP contribution is -2.74. The lowest BCUT2D eigenvalue weighted by molar-refractivity contribution is -0.883. The summed E-state index contributed by atoms with van der Waals surface area (Å²) in [5, 5.41) is 9.64. The maximum Gasteiger partial charge on any atom is 0.460 e. The number of carbonyl (C=O) groups is 2. The molecule has 0 aliphatic rings. The number of hydrogen-bond donors (Lipinski definition) is 2. The van der Waals surface area contributed by atoms with Gasteiger partial charge in [-0.2, -0.15) is 70.2 Å². The van der Waals surface area contributed by atoms with Crippen LogP contribution in [-0.2, 0) is 19.6 Å². The predicted molar refractivity (Wildman–Crippen MR) is 98.0 cm³/mol. The minimum absolute atomic E-state index is 0.590. The minimum Gasteiger partial charge on any atom is -0.480 e. The molecule has 0 spiro atoms. The first-order valence-corrected chi connectivity index (χ1v) is 11.2. The average Bonchev–Trinajstić information content (AvgIpc) is 2.69. The van der Waals surface area contributed by atoms with Crippen molar-refractivity contribution in [2.75, 3.05) is 40.3 Å². The van der Waals surface area contributed by atoms with Gasteiger partial charge in [0, 0.05) is 13.0 Å². The molecule has 0 saturated heterocycles. The summed E-state index contributed by atoms with van der Waals surface area (Å²) in [6.07, 6.45) is -8.76. The first kappa shape index (κ1) is 37.8. The topological polar surface area (TPSA) is 112 Å². The van der Waals surface area contributed by atoms with E-state index in [2.05, 4.69) is 0 Å². The molecule has 0 unspecified atom stereocenters. The van der Waals surface area contributed by atoms with Crippen LogP contribution in [0.2, 0.25) is 0 Å². The Bertz CT molecular complexity index is 1060. The Morgan fingerprint density at radius 3 is 1.40 bits per heavy atom. The fourth-order valence-electron chi connectivity index (χ4n) is 2.83. The number of likely N-dealkylation sites (N-methyl/N-ethyl adjacent to an activating group) is 1. The molecule has 0 saturated carbocycles. The van der Waals surface area contributed by atoms with Crippen LogP contribution in [0.4, 0.5) is 65.9 Å². The monoisotopic (exact) mass is 651 g/mol. The molecule has 24 heteroatoms. The number of sulfonamides is 1. The highest BCUT2D eigenvalue weighted by atomic mass is 32.2. The molecule has 0 aromatic carbocycles. The normalized spacial score (nSPS) is 15.4. The number of alkyl halides is 15. The van der Waals surface area contributed by atoms with E-state index in [9.17, 15) is 83.9 Å². The summed E-state index contributed by atoms with van der Waals surface area (Å²) in [5.74, 6) is -46.6. The number of halogens is 15. The highest BCUT2D eigenvalue weighted by Crippen LogP contribution is 2.63. The fourth-order valence-corrected chi connectivity index (χ4v) is 4.26.